The van der Waals surface area contributed by atoms with Gasteiger partial charge in [-0.3, -0.25) is 0 Å². The molecule has 0 aliphatic heterocycles. The van der Waals surface area contributed by atoms with E-state index in [1.165, 1.54) is 6.42 Å². The summed E-state index contributed by atoms with van der Waals surface area (Å²) >= 11 is 4.29. The van der Waals surface area contributed by atoms with E-state index in [0.717, 1.165) is 5.25 Å². The Balaban J connectivity index is 2.64. The van der Waals surface area contributed by atoms with Crippen LogP contribution in [0.2, 0.25) is 0 Å². The van der Waals surface area contributed by atoms with E-state index in [9.17, 15) is 0 Å². The zero-order valence-electron chi connectivity index (χ0n) is 7.14. The fraction of sp³-hybridized carbons (Fsp3) is 1.00. The molecule has 0 atom stereocenters. The van der Waals surface area contributed by atoms with Crippen molar-refractivity contribution in [2.75, 3.05) is 0 Å². The van der Waals surface area contributed by atoms with Gasteiger partial charge in [0.05, 0.1) is 0 Å². The molecule has 10 heavy (non-hydrogen) atoms. The molecular formula is C8H16S2. The van der Waals surface area contributed by atoms with Gasteiger partial charge in [0.1, 0.15) is 0 Å². The number of rotatable bonds is 1. The van der Waals surface area contributed by atoms with Crippen LogP contribution in [-0.4, -0.2) is 5.25 Å². The van der Waals surface area contributed by atoms with Crippen LogP contribution < -0.4 is 0 Å². The molecular weight excluding hydrogens is 160 g/mol. The van der Waals surface area contributed by atoms with Crippen LogP contribution in [0.4, 0.5) is 0 Å². The maximum Gasteiger partial charge on any atom is 0.0251 e. The molecule has 0 spiro atoms. The second-order valence-corrected chi connectivity index (χ2v) is 5.95. The van der Waals surface area contributed by atoms with Gasteiger partial charge in [0, 0.05) is 5.25 Å². The van der Waals surface area contributed by atoms with Crippen LogP contribution in [0, 0.1) is 10.8 Å². The Morgan fingerprint density at radius 1 is 1.20 bits per heavy atom. The molecule has 1 saturated carbocycles. The summed E-state index contributed by atoms with van der Waals surface area (Å²) in [6.45, 7) is 9.30. The van der Waals surface area contributed by atoms with Crippen LogP contribution in [0.15, 0.2) is 0 Å². The van der Waals surface area contributed by atoms with Crippen LogP contribution >= 0.6 is 22.5 Å². The molecule has 1 aliphatic carbocycles. The molecule has 0 aromatic carbocycles. The van der Waals surface area contributed by atoms with E-state index in [4.69, 9.17) is 0 Å². The summed E-state index contributed by atoms with van der Waals surface area (Å²) in [5.74, 6) is 0. The van der Waals surface area contributed by atoms with Crippen molar-refractivity contribution in [1.29, 1.82) is 0 Å². The topological polar surface area (TPSA) is 0 Å². The van der Waals surface area contributed by atoms with Gasteiger partial charge in [0.25, 0.3) is 0 Å². The highest BCUT2D eigenvalue weighted by atomic mass is 33.1. The molecule has 0 N–H and O–H groups in total. The third-order valence-corrected chi connectivity index (χ3v) is 4.56. The Kier molecular flexibility index (Phi) is 2.06. The lowest BCUT2D eigenvalue weighted by atomic mass is 9.56. The molecule has 0 radical (unpaired) electrons. The van der Waals surface area contributed by atoms with Crippen molar-refractivity contribution in [3.63, 3.8) is 0 Å². The Morgan fingerprint density at radius 2 is 1.60 bits per heavy atom. The summed E-state index contributed by atoms with van der Waals surface area (Å²) in [6.07, 6.45) is 1.33. The Hall–Kier alpha value is 0.700. The highest BCUT2D eigenvalue weighted by Gasteiger charge is 2.52. The van der Waals surface area contributed by atoms with Crippen molar-refractivity contribution in [2.45, 2.75) is 39.4 Å². The van der Waals surface area contributed by atoms with Crippen LogP contribution in [0.25, 0.3) is 0 Å². The predicted molar refractivity (Wildman–Crippen MR) is 52.5 cm³/mol. The van der Waals surface area contributed by atoms with Gasteiger partial charge in [-0.2, -0.15) is 0 Å². The molecule has 1 rings (SSSR count). The first kappa shape index (κ1) is 8.79. The second-order valence-electron chi connectivity index (χ2n) is 4.64. The van der Waals surface area contributed by atoms with Crippen molar-refractivity contribution < 1.29 is 0 Å². The van der Waals surface area contributed by atoms with Gasteiger partial charge in [-0.15, -0.1) is 11.7 Å². The molecule has 2 heteroatoms. The first-order valence-corrected chi connectivity index (χ1v) is 5.63. The number of hydrogen-bond acceptors (Lipinski definition) is 2. The highest BCUT2D eigenvalue weighted by molar-refractivity contribution is 8.68. The lowest BCUT2D eigenvalue weighted by Crippen LogP contribution is -2.52. The molecule has 0 aromatic rings. The minimum Gasteiger partial charge on any atom is -0.111 e. The molecule has 1 fully saturated rings. The van der Waals surface area contributed by atoms with Gasteiger partial charge in [-0.05, 0) is 17.3 Å². The number of thiol groups is 1. The predicted octanol–water partition coefficient (Wildman–Crippen LogP) is 3.39. The maximum atomic E-state index is 4.29. The normalized spacial score (nSPS) is 29.7. The minimum absolute atomic E-state index is 0.510. The van der Waals surface area contributed by atoms with Gasteiger partial charge in [-0.1, -0.05) is 38.5 Å². The zero-order chi connectivity index (χ0) is 7.99. The van der Waals surface area contributed by atoms with E-state index < -0.39 is 0 Å². The third-order valence-electron chi connectivity index (χ3n) is 2.44. The maximum absolute atomic E-state index is 4.29. The average Bonchev–Trinajstić information content (AvgIpc) is 1.59. The molecule has 1 aliphatic rings. The Bertz CT molecular complexity index is 124. The van der Waals surface area contributed by atoms with Crippen molar-refractivity contribution in [2.24, 2.45) is 10.8 Å². The molecule has 0 amide bonds. The lowest BCUT2D eigenvalue weighted by Gasteiger charge is -2.56. The van der Waals surface area contributed by atoms with Crippen molar-refractivity contribution in [3.8, 4) is 0 Å². The largest absolute Gasteiger partial charge is 0.111 e. The molecule has 0 bridgehead atoms. The third kappa shape index (κ3) is 1.20. The Morgan fingerprint density at radius 3 is 1.70 bits per heavy atom. The minimum atomic E-state index is 0.510. The molecule has 0 unspecified atom stereocenters. The molecule has 0 saturated heterocycles. The summed E-state index contributed by atoms with van der Waals surface area (Å²) < 4.78 is 0. The summed E-state index contributed by atoms with van der Waals surface area (Å²) in [5, 5.41) is 0.725. The van der Waals surface area contributed by atoms with Crippen LogP contribution in [-0.2, 0) is 0 Å². The van der Waals surface area contributed by atoms with Crippen LogP contribution in [0.1, 0.15) is 34.1 Å². The van der Waals surface area contributed by atoms with Crippen LogP contribution in [0.3, 0.4) is 0 Å². The second kappa shape index (κ2) is 2.34. The van der Waals surface area contributed by atoms with Gasteiger partial charge in [0.2, 0.25) is 0 Å². The van der Waals surface area contributed by atoms with Gasteiger partial charge in [0.15, 0.2) is 0 Å². The Labute approximate surface area is 73.0 Å². The fourth-order valence-corrected chi connectivity index (χ4v) is 5.02. The molecule has 60 valence electrons. The van der Waals surface area contributed by atoms with E-state index >= 15 is 0 Å². The van der Waals surface area contributed by atoms with Gasteiger partial charge < -0.3 is 0 Å². The zero-order valence-corrected chi connectivity index (χ0v) is 8.85. The van der Waals surface area contributed by atoms with Crippen molar-refractivity contribution in [3.05, 3.63) is 0 Å². The van der Waals surface area contributed by atoms with E-state index in [-0.39, 0.29) is 0 Å². The number of hydrogen-bond donors (Lipinski definition) is 1. The summed E-state index contributed by atoms with van der Waals surface area (Å²) in [7, 11) is 1.72. The molecule has 0 heterocycles. The van der Waals surface area contributed by atoms with Crippen molar-refractivity contribution in [1.82, 2.24) is 0 Å². The van der Waals surface area contributed by atoms with Crippen molar-refractivity contribution >= 4 is 22.5 Å². The van der Waals surface area contributed by atoms with E-state index in [0.29, 0.717) is 10.8 Å². The molecule has 0 nitrogen and oxygen atoms in total. The van der Waals surface area contributed by atoms with Gasteiger partial charge >= 0.3 is 0 Å². The quantitative estimate of drug-likeness (QED) is 0.472. The summed E-state index contributed by atoms with van der Waals surface area (Å²) in [5.41, 5.74) is 1.02. The van der Waals surface area contributed by atoms with Gasteiger partial charge in [-0.25, -0.2) is 0 Å². The van der Waals surface area contributed by atoms with Crippen LogP contribution in [0.5, 0.6) is 0 Å². The van der Waals surface area contributed by atoms with E-state index in [2.05, 4.69) is 39.4 Å². The SMILES string of the molecule is CC1(C)CC(C)(C)C1SS. The first-order valence-electron chi connectivity index (χ1n) is 3.70. The highest BCUT2D eigenvalue weighted by Crippen LogP contribution is 2.60. The summed E-state index contributed by atoms with van der Waals surface area (Å²) in [6, 6.07) is 0. The summed E-state index contributed by atoms with van der Waals surface area (Å²) in [4.78, 5) is 0. The fourth-order valence-electron chi connectivity index (χ4n) is 2.57. The van der Waals surface area contributed by atoms with E-state index in [1.807, 2.05) is 0 Å². The molecule has 0 aromatic heterocycles. The lowest BCUT2D eigenvalue weighted by molar-refractivity contribution is 0.0350. The first-order chi connectivity index (χ1) is 4.40. The average molecular weight is 176 g/mol. The van der Waals surface area contributed by atoms with E-state index in [1.54, 1.807) is 10.8 Å². The monoisotopic (exact) mass is 176 g/mol. The smallest absolute Gasteiger partial charge is 0.0251 e. The standard InChI is InChI=1S/C8H16S2/c1-7(2)5-8(3,4)6(7)10-9/h6,9H,5H2,1-4H3.